The van der Waals surface area contributed by atoms with Crippen LogP contribution in [0.4, 0.5) is 0 Å². The molecule has 0 fully saturated rings. The fraction of sp³-hybridized carbons (Fsp3) is 0.529. The molecule has 0 aromatic heterocycles. The van der Waals surface area contributed by atoms with Gasteiger partial charge in [0.25, 0.3) is 0 Å². The molecular weight excluding hydrogens is 284 g/mol. The van der Waals surface area contributed by atoms with E-state index < -0.39 is 11.9 Å². The second-order valence-electron chi connectivity index (χ2n) is 5.30. The van der Waals surface area contributed by atoms with E-state index >= 15 is 0 Å². The molecule has 0 unspecified atom stereocenters. The second kappa shape index (κ2) is 10.7. The Morgan fingerprint density at radius 1 is 0.818 bits per heavy atom. The standard InChI is InChI=1S/C17H24O5/c18-16(19)8-6-4-2-1-3-5-7-13-22-15-11-9-14(10-12-15)17(20)21/h9-12H,1-8,13H2,(H,18,19)(H,20,21). The number of benzene rings is 1. The van der Waals surface area contributed by atoms with Crippen LogP contribution in [-0.2, 0) is 4.79 Å². The molecule has 0 saturated carbocycles. The average Bonchev–Trinajstić information content (AvgIpc) is 2.49. The number of carboxylic acid groups (broad SMARTS) is 2. The van der Waals surface area contributed by atoms with Crippen LogP contribution >= 0.6 is 0 Å². The lowest BCUT2D eigenvalue weighted by Crippen LogP contribution is -1.99. The van der Waals surface area contributed by atoms with E-state index in [2.05, 4.69) is 0 Å². The lowest BCUT2D eigenvalue weighted by molar-refractivity contribution is -0.137. The van der Waals surface area contributed by atoms with Crippen molar-refractivity contribution in [2.45, 2.75) is 51.4 Å². The van der Waals surface area contributed by atoms with Crippen molar-refractivity contribution in [2.75, 3.05) is 6.61 Å². The first-order valence-electron chi connectivity index (χ1n) is 7.77. The number of carboxylic acids is 2. The molecule has 0 bridgehead atoms. The summed E-state index contributed by atoms with van der Waals surface area (Å²) in [6.07, 6.45) is 7.44. The van der Waals surface area contributed by atoms with Gasteiger partial charge in [0, 0.05) is 6.42 Å². The highest BCUT2D eigenvalue weighted by atomic mass is 16.5. The van der Waals surface area contributed by atoms with Gasteiger partial charge < -0.3 is 14.9 Å². The van der Waals surface area contributed by atoms with E-state index in [0.29, 0.717) is 12.4 Å². The van der Waals surface area contributed by atoms with Gasteiger partial charge in [-0.2, -0.15) is 0 Å². The van der Waals surface area contributed by atoms with Gasteiger partial charge in [-0.05, 0) is 37.1 Å². The van der Waals surface area contributed by atoms with Crippen LogP contribution in [0.15, 0.2) is 24.3 Å². The molecule has 5 nitrogen and oxygen atoms in total. The number of carbonyl (C=O) groups is 2. The van der Waals surface area contributed by atoms with Crippen molar-refractivity contribution in [2.24, 2.45) is 0 Å². The van der Waals surface area contributed by atoms with Crippen molar-refractivity contribution >= 4 is 11.9 Å². The summed E-state index contributed by atoms with van der Waals surface area (Å²) in [5.41, 5.74) is 0.259. The third-order valence-electron chi connectivity index (χ3n) is 3.40. The second-order valence-corrected chi connectivity index (χ2v) is 5.30. The smallest absolute Gasteiger partial charge is 0.335 e. The fourth-order valence-corrected chi connectivity index (χ4v) is 2.15. The van der Waals surface area contributed by atoms with Crippen LogP contribution in [0.5, 0.6) is 5.75 Å². The molecule has 0 spiro atoms. The van der Waals surface area contributed by atoms with Gasteiger partial charge in [0.05, 0.1) is 12.2 Å². The van der Waals surface area contributed by atoms with Crippen molar-refractivity contribution in [3.63, 3.8) is 0 Å². The molecule has 1 aromatic carbocycles. The number of rotatable bonds is 12. The molecule has 122 valence electrons. The van der Waals surface area contributed by atoms with Gasteiger partial charge in [0.1, 0.15) is 5.75 Å². The van der Waals surface area contributed by atoms with Crippen molar-refractivity contribution in [3.05, 3.63) is 29.8 Å². The molecule has 0 amide bonds. The molecule has 1 aromatic rings. The summed E-state index contributed by atoms with van der Waals surface area (Å²) in [6.45, 7) is 0.630. The maximum atomic E-state index is 10.7. The Morgan fingerprint density at radius 2 is 1.36 bits per heavy atom. The molecule has 5 heteroatoms. The van der Waals surface area contributed by atoms with Crippen LogP contribution in [0, 0.1) is 0 Å². The van der Waals surface area contributed by atoms with Gasteiger partial charge in [-0.25, -0.2) is 4.79 Å². The first-order valence-corrected chi connectivity index (χ1v) is 7.77. The van der Waals surface area contributed by atoms with Crippen LogP contribution in [0.3, 0.4) is 0 Å². The van der Waals surface area contributed by atoms with Crippen molar-refractivity contribution in [3.8, 4) is 5.75 Å². The predicted octanol–water partition coefficient (Wildman–Crippen LogP) is 3.97. The number of ether oxygens (including phenoxy) is 1. The Morgan fingerprint density at radius 3 is 1.91 bits per heavy atom. The minimum absolute atomic E-state index is 0.259. The first-order chi connectivity index (χ1) is 10.6. The molecule has 0 aliphatic heterocycles. The summed E-state index contributed by atoms with van der Waals surface area (Å²) in [5, 5.41) is 17.3. The molecule has 1 rings (SSSR count). The summed E-state index contributed by atoms with van der Waals surface area (Å²) in [4.78, 5) is 21.0. The van der Waals surface area contributed by atoms with E-state index in [-0.39, 0.29) is 12.0 Å². The Hall–Kier alpha value is -2.04. The van der Waals surface area contributed by atoms with Gasteiger partial charge in [0.15, 0.2) is 0 Å². The quantitative estimate of drug-likeness (QED) is 0.571. The number of aliphatic carboxylic acids is 1. The van der Waals surface area contributed by atoms with Gasteiger partial charge in [0.2, 0.25) is 0 Å². The third-order valence-corrected chi connectivity index (χ3v) is 3.40. The molecule has 0 heterocycles. The fourth-order valence-electron chi connectivity index (χ4n) is 2.15. The summed E-state index contributed by atoms with van der Waals surface area (Å²) in [6, 6.07) is 6.42. The summed E-state index contributed by atoms with van der Waals surface area (Å²) in [7, 11) is 0. The maximum absolute atomic E-state index is 10.7. The van der Waals surface area contributed by atoms with Gasteiger partial charge in [-0.3, -0.25) is 4.79 Å². The van der Waals surface area contributed by atoms with Crippen molar-refractivity contribution in [1.29, 1.82) is 0 Å². The number of aromatic carboxylic acids is 1. The highest BCUT2D eigenvalue weighted by Gasteiger charge is 2.02. The molecule has 0 atom stereocenters. The number of unbranched alkanes of at least 4 members (excludes halogenated alkanes) is 6. The summed E-state index contributed by atoms with van der Waals surface area (Å²) >= 11 is 0. The zero-order valence-corrected chi connectivity index (χ0v) is 12.8. The molecular formula is C17H24O5. The van der Waals surface area contributed by atoms with E-state index in [1.165, 1.54) is 12.1 Å². The van der Waals surface area contributed by atoms with Crippen molar-refractivity contribution in [1.82, 2.24) is 0 Å². The predicted molar refractivity (Wildman–Crippen MR) is 83.5 cm³/mol. The van der Waals surface area contributed by atoms with Crippen LogP contribution in [0.1, 0.15) is 61.7 Å². The maximum Gasteiger partial charge on any atom is 0.335 e. The molecule has 22 heavy (non-hydrogen) atoms. The van der Waals surface area contributed by atoms with E-state index in [1.807, 2.05) is 0 Å². The third kappa shape index (κ3) is 8.29. The summed E-state index contributed by atoms with van der Waals surface area (Å²) in [5.74, 6) is -0.956. The SMILES string of the molecule is O=C(O)CCCCCCCCCOc1ccc(C(=O)O)cc1. The minimum atomic E-state index is -0.935. The van der Waals surface area contributed by atoms with E-state index in [0.717, 1.165) is 44.9 Å². The molecule has 0 aliphatic rings. The van der Waals surface area contributed by atoms with Crippen LogP contribution in [0.25, 0.3) is 0 Å². The van der Waals surface area contributed by atoms with E-state index in [1.54, 1.807) is 12.1 Å². The highest BCUT2D eigenvalue weighted by Crippen LogP contribution is 2.13. The minimum Gasteiger partial charge on any atom is -0.494 e. The van der Waals surface area contributed by atoms with E-state index in [4.69, 9.17) is 14.9 Å². The van der Waals surface area contributed by atoms with E-state index in [9.17, 15) is 9.59 Å². The highest BCUT2D eigenvalue weighted by molar-refractivity contribution is 5.87. The molecule has 0 aliphatic carbocycles. The molecule has 0 saturated heterocycles. The van der Waals surface area contributed by atoms with Gasteiger partial charge in [-0.15, -0.1) is 0 Å². The van der Waals surface area contributed by atoms with Crippen molar-refractivity contribution < 1.29 is 24.5 Å². The van der Waals surface area contributed by atoms with Gasteiger partial charge in [-0.1, -0.05) is 32.1 Å². The lowest BCUT2D eigenvalue weighted by Gasteiger charge is -2.06. The Balaban J connectivity index is 1.97. The molecule has 2 N–H and O–H groups in total. The largest absolute Gasteiger partial charge is 0.494 e. The Kier molecular flexibility index (Phi) is 8.72. The normalized spacial score (nSPS) is 10.4. The Labute approximate surface area is 130 Å². The topological polar surface area (TPSA) is 83.8 Å². The van der Waals surface area contributed by atoms with Crippen LogP contribution < -0.4 is 4.74 Å². The monoisotopic (exact) mass is 308 g/mol. The number of hydrogen-bond acceptors (Lipinski definition) is 3. The van der Waals surface area contributed by atoms with Gasteiger partial charge >= 0.3 is 11.9 Å². The molecule has 0 radical (unpaired) electrons. The first kappa shape index (κ1) is 18.0. The Bertz CT molecular complexity index is 453. The summed E-state index contributed by atoms with van der Waals surface area (Å²) < 4.78 is 5.55. The zero-order chi connectivity index (χ0) is 16.2. The van der Waals surface area contributed by atoms with Crippen LogP contribution in [0.2, 0.25) is 0 Å². The average molecular weight is 308 g/mol. The number of hydrogen-bond donors (Lipinski definition) is 2. The van der Waals surface area contributed by atoms with Crippen LogP contribution in [-0.4, -0.2) is 28.8 Å². The zero-order valence-electron chi connectivity index (χ0n) is 12.8. The lowest BCUT2D eigenvalue weighted by atomic mass is 10.1.